The largest absolute Gasteiger partial charge is 0.468 e. The average Bonchev–Trinajstić information content (AvgIpc) is 3.25. The number of rotatable bonds is 5. The highest BCUT2D eigenvalue weighted by Gasteiger charge is 2.24. The van der Waals surface area contributed by atoms with Crippen molar-refractivity contribution in [3.8, 4) is 0 Å². The lowest BCUT2D eigenvalue weighted by atomic mass is 10.0. The summed E-state index contributed by atoms with van der Waals surface area (Å²) in [6.45, 7) is 0.663. The molecule has 2 aromatic carbocycles. The minimum absolute atomic E-state index is 0.0486. The second kappa shape index (κ2) is 7.61. The molecule has 1 aliphatic heterocycles. The molecule has 0 radical (unpaired) electrons. The molecule has 0 spiro atoms. The first-order chi connectivity index (χ1) is 13.5. The van der Waals surface area contributed by atoms with Crippen LogP contribution in [0.25, 0.3) is 0 Å². The van der Waals surface area contributed by atoms with Crippen LogP contribution < -0.4 is 9.62 Å². The predicted molar refractivity (Wildman–Crippen MR) is 106 cm³/mol. The number of carbonyl (C=O) groups excluding carboxylic acids is 1. The minimum Gasteiger partial charge on any atom is -0.468 e. The first kappa shape index (κ1) is 18.5. The van der Waals surface area contributed by atoms with Crippen molar-refractivity contribution >= 4 is 21.6 Å². The van der Waals surface area contributed by atoms with Crippen LogP contribution in [0.15, 0.2) is 76.2 Å². The van der Waals surface area contributed by atoms with E-state index in [9.17, 15) is 13.2 Å². The topological polar surface area (TPSA) is 79.6 Å². The van der Waals surface area contributed by atoms with E-state index in [4.69, 9.17) is 4.42 Å². The number of benzene rings is 2. The summed E-state index contributed by atoms with van der Waals surface area (Å²) in [7, 11) is -3.76. The van der Waals surface area contributed by atoms with Crippen molar-refractivity contribution in [1.82, 2.24) is 4.72 Å². The number of nitrogens with zero attached hydrogens (tertiary/aromatic N) is 1. The Kier molecular flexibility index (Phi) is 5.02. The van der Waals surface area contributed by atoms with Gasteiger partial charge in [0, 0.05) is 17.8 Å². The fourth-order valence-electron chi connectivity index (χ4n) is 3.36. The Morgan fingerprint density at radius 2 is 1.93 bits per heavy atom. The Hall–Kier alpha value is -2.90. The number of hydrogen-bond donors (Lipinski definition) is 1. The van der Waals surface area contributed by atoms with Gasteiger partial charge in [-0.2, -0.15) is 0 Å². The van der Waals surface area contributed by atoms with Gasteiger partial charge in [-0.1, -0.05) is 24.3 Å². The van der Waals surface area contributed by atoms with Gasteiger partial charge in [0.2, 0.25) is 10.0 Å². The molecule has 0 bridgehead atoms. The zero-order chi connectivity index (χ0) is 19.6. The smallest absolute Gasteiger partial charge is 0.258 e. The van der Waals surface area contributed by atoms with Crippen LogP contribution in [0.4, 0.5) is 5.69 Å². The normalized spacial score (nSPS) is 13.9. The van der Waals surface area contributed by atoms with Crippen LogP contribution >= 0.6 is 0 Å². The molecular weight excluding hydrogens is 376 g/mol. The lowest BCUT2D eigenvalue weighted by Gasteiger charge is -2.29. The van der Waals surface area contributed by atoms with E-state index in [1.54, 1.807) is 29.2 Å². The quantitative estimate of drug-likeness (QED) is 0.717. The highest BCUT2D eigenvalue weighted by molar-refractivity contribution is 7.89. The number of para-hydroxylation sites is 1. The third-order valence-corrected chi connectivity index (χ3v) is 6.16. The van der Waals surface area contributed by atoms with Gasteiger partial charge in [0.05, 0.1) is 17.7 Å². The van der Waals surface area contributed by atoms with Crippen LogP contribution in [0.1, 0.15) is 28.1 Å². The van der Waals surface area contributed by atoms with E-state index in [1.165, 1.54) is 18.4 Å². The van der Waals surface area contributed by atoms with Crippen LogP contribution in [0.2, 0.25) is 0 Å². The third-order valence-electron chi connectivity index (χ3n) is 4.76. The highest BCUT2D eigenvalue weighted by Crippen LogP contribution is 2.28. The molecule has 1 amide bonds. The molecule has 0 unspecified atom stereocenters. The summed E-state index contributed by atoms with van der Waals surface area (Å²) < 4.78 is 32.8. The first-order valence-electron chi connectivity index (χ1n) is 9.06. The van der Waals surface area contributed by atoms with Crippen molar-refractivity contribution in [2.75, 3.05) is 11.4 Å². The summed E-state index contributed by atoms with van der Waals surface area (Å²) in [5.74, 6) is 0.316. The molecule has 1 aliphatic rings. The van der Waals surface area contributed by atoms with Gasteiger partial charge >= 0.3 is 0 Å². The van der Waals surface area contributed by atoms with E-state index in [2.05, 4.69) is 4.72 Å². The number of amides is 1. The monoisotopic (exact) mass is 396 g/mol. The van der Waals surface area contributed by atoms with E-state index in [1.807, 2.05) is 24.3 Å². The number of sulfonamides is 1. The fourth-order valence-corrected chi connectivity index (χ4v) is 4.40. The molecule has 0 fully saturated rings. The number of nitrogens with one attached hydrogen (secondary N) is 1. The molecule has 0 saturated carbocycles. The van der Waals surface area contributed by atoms with E-state index in [0.717, 1.165) is 24.1 Å². The van der Waals surface area contributed by atoms with Gasteiger partial charge in [0.25, 0.3) is 5.91 Å². The molecular formula is C21H20N2O4S. The van der Waals surface area contributed by atoms with Gasteiger partial charge in [-0.15, -0.1) is 0 Å². The summed E-state index contributed by atoms with van der Waals surface area (Å²) in [6, 6.07) is 17.3. The van der Waals surface area contributed by atoms with Crippen molar-refractivity contribution in [2.24, 2.45) is 0 Å². The Balaban J connectivity index is 1.58. The van der Waals surface area contributed by atoms with E-state index in [0.29, 0.717) is 17.9 Å². The van der Waals surface area contributed by atoms with Gasteiger partial charge in [-0.05, 0) is 54.8 Å². The molecule has 0 saturated heterocycles. The van der Waals surface area contributed by atoms with Crippen molar-refractivity contribution in [3.05, 3.63) is 83.8 Å². The standard InChI is InChI=1S/C21H20N2O4S/c24-21(23-12-4-8-16-6-1-2-11-20(16)23)17-7-3-10-19(14-17)28(25,26)22-15-18-9-5-13-27-18/h1-3,5-7,9-11,13-14,22H,4,8,12,15H2. The number of hydrogen-bond acceptors (Lipinski definition) is 4. The van der Waals surface area contributed by atoms with E-state index >= 15 is 0 Å². The lowest BCUT2D eigenvalue weighted by molar-refractivity contribution is 0.0985. The van der Waals surface area contributed by atoms with Gasteiger partial charge in [-0.3, -0.25) is 4.79 Å². The molecule has 28 heavy (non-hydrogen) atoms. The number of furan rings is 1. The van der Waals surface area contributed by atoms with Gasteiger partial charge < -0.3 is 9.32 Å². The fraction of sp³-hybridized carbons (Fsp3) is 0.190. The summed E-state index contributed by atoms with van der Waals surface area (Å²) in [4.78, 5) is 14.9. The summed E-state index contributed by atoms with van der Waals surface area (Å²) in [5.41, 5.74) is 2.37. The number of fused-ring (bicyclic) bond motifs is 1. The Morgan fingerprint density at radius 1 is 1.07 bits per heavy atom. The lowest BCUT2D eigenvalue weighted by Crippen LogP contribution is -2.35. The van der Waals surface area contributed by atoms with E-state index < -0.39 is 10.0 Å². The minimum atomic E-state index is -3.76. The Bertz CT molecular complexity index is 1090. The van der Waals surface area contributed by atoms with Crippen molar-refractivity contribution in [1.29, 1.82) is 0 Å². The Morgan fingerprint density at radius 3 is 2.75 bits per heavy atom. The maximum absolute atomic E-state index is 13.1. The molecule has 1 N–H and O–H groups in total. The van der Waals surface area contributed by atoms with Crippen LogP contribution in [0.3, 0.4) is 0 Å². The molecule has 4 rings (SSSR count). The maximum Gasteiger partial charge on any atom is 0.258 e. The van der Waals surface area contributed by atoms with Crippen molar-refractivity contribution in [2.45, 2.75) is 24.3 Å². The van der Waals surface area contributed by atoms with Gasteiger partial charge in [0.15, 0.2) is 0 Å². The van der Waals surface area contributed by atoms with Crippen LogP contribution in [0.5, 0.6) is 0 Å². The molecule has 7 heteroatoms. The van der Waals surface area contributed by atoms with Crippen LogP contribution in [-0.2, 0) is 23.0 Å². The maximum atomic E-state index is 13.1. The molecule has 2 heterocycles. The first-order valence-corrected chi connectivity index (χ1v) is 10.5. The predicted octanol–water partition coefficient (Wildman–Crippen LogP) is 3.35. The van der Waals surface area contributed by atoms with Crippen LogP contribution in [0, 0.1) is 0 Å². The average molecular weight is 396 g/mol. The van der Waals surface area contributed by atoms with Crippen LogP contribution in [-0.4, -0.2) is 20.9 Å². The molecule has 3 aromatic rings. The second-order valence-electron chi connectivity index (χ2n) is 6.62. The van der Waals surface area contributed by atoms with Gasteiger partial charge in [-0.25, -0.2) is 13.1 Å². The van der Waals surface area contributed by atoms with E-state index in [-0.39, 0.29) is 17.3 Å². The molecule has 1 aromatic heterocycles. The second-order valence-corrected chi connectivity index (χ2v) is 8.39. The number of anilines is 1. The molecule has 144 valence electrons. The highest BCUT2D eigenvalue weighted by atomic mass is 32.2. The molecule has 6 nitrogen and oxygen atoms in total. The summed E-state index contributed by atoms with van der Waals surface area (Å²) in [6.07, 6.45) is 3.30. The zero-order valence-electron chi connectivity index (χ0n) is 15.2. The molecule has 0 atom stereocenters. The van der Waals surface area contributed by atoms with Crippen molar-refractivity contribution < 1.29 is 17.6 Å². The number of carbonyl (C=O) groups is 1. The summed E-state index contributed by atoms with van der Waals surface area (Å²) >= 11 is 0. The number of aryl methyl sites for hydroxylation is 1. The third kappa shape index (κ3) is 3.72. The Labute approximate surface area is 163 Å². The van der Waals surface area contributed by atoms with Crippen molar-refractivity contribution in [3.63, 3.8) is 0 Å². The summed E-state index contributed by atoms with van der Waals surface area (Å²) in [5, 5.41) is 0. The van der Waals surface area contributed by atoms with Gasteiger partial charge in [0.1, 0.15) is 5.76 Å². The zero-order valence-corrected chi connectivity index (χ0v) is 16.0. The SMILES string of the molecule is O=C(c1cccc(S(=O)(=O)NCc2ccco2)c1)N1CCCc2ccccc21. The molecule has 0 aliphatic carbocycles.